The Kier molecular flexibility index (Phi) is 28.7. The molecule has 19 N–H and O–H groups in total. The Hall–Kier alpha value is -10.9. The number of nitrogens with two attached hydrogens (primary N) is 3. The number of pyridine rings is 3. The molecule has 0 unspecified atom stereocenters. The first-order chi connectivity index (χ1) is 47.6. The SMILES string of the molecule is N=C(N)NCCC[C@H](NC(=O)[C@H](Cc1c[nH]c2ccccc12)NOCc1ccccc1)C(=O)N[C@@H](Cc1c[nH]c2ccccc12)C(=O)N[C@@H](CCCNC(=N)N)C(=O)N[C@@H](CCCCN)C(=O)NC(=O)CCCC(=O)Nc1cccc(CN(Cc2ccccn2)Cc2ccccn2)n1. The summed E-state index contributed by atoms with van der Waals surface area (Å²) in [5.41, 5.74) is 26.3. The second kappa shape index (κ2) is 38.6. The number of hydrogen-bond acceptors (Lipinski definition) is 16. The number of aromatic nitrogens is 5. The van der Waals surface area contributed by atoms with E-state index >= 15 is 4.79 Å². The molecule has 28 nitrogen and oxygen atoms in total. The zero-order valence-electron chi connectivity index (χ0n) is 54.6. The topological polar surface area (TPSA) is 436 Å². The maximum absolute atomic E-state index is 15.1. The Morgan fingerprint density at radius 1 is 0.500 bits per heavy atom. The van der Waals surface area contributed by atoms with Crippen LogP contribution in [0.5, 0.6) is 0 Å². The van der Waals surface area contributed by atoms with Crippen molar-refractivity contribution in [3.8, 4) is 0 Å². The number of hydrogen-bond donors (Lipinski definition) is 16. The predicted molar refractivity (Wildman–Crippen MR) is 372 cm³/mol. The molecule has 0 aliphatic rings. The zero-order valence-corrected chi connectivity index (χ0v) is 54.6. The Morgan fingerprint density at radius 3 is 1.54 bits per heavy atom. The van der Waals surface area contributed by atoms with Crippen molar-refractivity contribution in [3.63, 3.8) is 0 Å². The van der Waals surface area contributed by atoms with Crippen LogP contribution in [0.1, 0.15) is 98.0 Å². The molecule has 5 aromatic heterocycles. The normalized spacial score (nSPS) is 12.7. The summed E-state index contributed by atoms with van der Waals surface area (Å²) in [6, 6.07) is 34.7. The van der Waals surface area contributed by atoms with E-state index in [4.69, 9.17) is 32.9 Å². The van der Waals surface area contributed by atoms with Crippen molar-refractivity contribution in [3.05, 3.63) is 192 Å². The Balaban J connectivity index is 0.945. The fraction of sp³-hybridized carbons (Fsp3) is 0.343. The summed E-state index contributed by atoms with van der Waals surface area (Å²) in [7, 11) is 0. The van der Waals surface area contributed by atoms with Gasteiger partial charge in [0, 0.05) is 105 Å². The predicted octanol–water partition coefficient (Wildman–Crippen LogP) is 3.96. The van der Waals surface area contributed by atoms with Gasteiger partial charge in [0.25, 0.3) is 0 Å². The van der Waals surface area contributed by atoms with Gasteiger partial charge in [0.2, 0.25) is 41.4 Å². The number of amides is 7. The first kappa shape index (κ1) is 72.9. The number of H-pyrrole nitrogens is 2. The number of anilines is 1. The van der Waals surface area contributed by atoms with E-state index in [-0.39, 0.29) is 102 Å². The number of unbranched alkanes of at least 4 members (excludes halogenated alkanes) is 1. The molecule has 0 bridgehead atoms. The van der Waals surface area contributed by atoms with Gasteiger partial charge in [-0.05, 0) is 123 Å². The van der Waals surface area contributed by atoms with Crippen molar-refractivity contribution in [1.29, 1.82) is 10.8 Å². The van der Waals surface area contributed by atoms with Crippen LogP contribution in [0.25, 0.3) is 21.8 Å². The van der Waals surface area contributed by atoms with Gasteiger partial charge in [0.15, 0.2) is 11.9 Å². The van der Waals surface area contributed by atoms with E-state index in [1.54, 1.807) is 36.9 Å². The number of aromatic amines is 2. The highest BCUT2D eigenvalue weighted by molar-refractivity contribution is 6.01. The maximum Gasteiger partial charge on any atom is 0.249 e. The minimum Gasteiger partial charge on any atom is -0.370 e. The van der Waals surface area contributed by atoms with Crippen LogP contribution in [0.4, 0.5) is 5.82 Å². The molecule has 0 spiro atoms. The van der Waals surface area contributed by atoms with Crippen molar-refractivity contribution < 1.29 is 38.4 Å². The van der Waals surface area contributed by atoms with Gasteiger partial charge in [0.05, 0.1) is 23.7 Å². The molecule has 7 amide bonds. The molecule has 98 heavy (non-hydrogen) atoms. The second-order valence-electron chi connectivity index (χ2n) is 23.7. The average Bonchev–Trinajstić information content (AvgIpc) is 1.67. The van der Waals surface area contributed by atoms with Crippen LogP contribution >= 0.6 is 0 Å². The summed E-state index contributed by atoms with van der Waals surface area (Å²) < 4.78 is 0. The number of benzene rings is 3. The number of carbonyl (C=O) groups is 7. The summed E-state index contributed by atoms with van der Waals surface area (Å²) >= 11 is 0. The smallest absolute Gasteiger partial charge is 0.249 e. The van der Waals surface area contributed by atoms with Crippen molar-refractivity contribution in [2.24, 2.45) is 17.2 Å². The van der Waals surface area contributed by atoms with Crippen molar-refractivity contribution in [2.75, 3.05) is 25.0 Å². The molecule has 516 valence electrons. The summed E-state index contributed by atoms with van der Waals surface area (Å²) in [4.78, 5) is 128. The van der Waals surface area contributed by atoms with Gasteiger partial charge in [-0.25, -0.2) is 4.98 Å². The summed E-state index contributed by atoms with van der Waals surface area (Å²) in [6.45, 7) is 2.15. The second-order valence-corrected chi connectivity index (χ2v) is 23.7. The lowest BCUT2D eigenvalue weighted by Crippen LogP contribution is -2.59. The number of para-hydroxylation sites is 2. The number of nitrogens with zero attached hydrogens (tertiary/aromatic N) is 4. The third-order valence-electron chi connectivity index (χ3n) is 16.0. The lowest BCUT2D eigenvalue weighted by atomic mass is 10.0. The third-order valence-corrected chi connectivity index (χ3v) is 16.0. The molecule has 0 fully saturated rings. The molecule has 0 radical (unpaired) electrons. The van der Waals surface area contributed by atoms with E-state index in [2.05, 4.69) is 77.8 Å². The number of hydroxylamine groups is 1. The minimum atomic E-state index is -1.40. The molecular formula is C70H88N20O8. The van der Waals surface area contributed by atoms with Gasteiger partial charge >= 0.3 is 0 Å². The van der Waals surface area contributed by atoms with Crippen LogP contribution in [0, 0.1) is 10.8 Å². The molecule has 8 rings (SSSR count). The zero-order chi connectivity index (χ0) is 69.4. The lowest BCUT2D eigenvalue weighted by Gasteiger charge is -2.27. The first-order valence-corrected chi connectivity index (χ1v) is 32.8. The Bertz CT molecular complexity index is 3870. The monoisotopic (exact) mass is 1340 g/mol. The standard InChI is InChI=1S/C70H88N20O8/c71-33-11-8-27-56(66(95)88-63(92)32-15-31-62(91)87-61-30-14-22-51(82-61)44-90(42-49-20-9-12-34-76-49)43-50-21-10-13-35-77-50)83-64(93)57(28-16-36-78-69(72)73)84-67(96)59(38-47-40-80-54-25-6-4-23-52(47)54)86-65(94)58(29-17-37-79-70(74)75)85-68(97)60(89-98-45-46-18-2-1-3-19-46)39-48-41-81-55-26-7-5-24-53(48)55/h1-7,9-10,12-14,18-26,30,34-35,40-41,56-60,80-81,89H,8,11,15-17,27-29,31-33,36-39,42-45,71H2,(H,83,93)(H,84,96)(H,85,97)(H,86,94)(H4,72,73,78)(H4,74,75,79)(H,82,87,91)(H,88,92,95)/t56-,57-,58-,59-,60-/m0/s1. The van der Waals surface area contributed by atoms with Crippen LogP contribution in [0.2, 0.25) is 0 Å². The fourth-order valence-corrected chi connectivity index (χ4v) is 11.1. The third kappa shape index (κ3) is 24.1. The van der Waals surface area contributed by atoms with Gasteiger partial charge in [-0.3, -0.25) is 69.4 Å². The number of rotatable bonds is 40. The molecule has 0 aliphatic heterocycles. The number of carbonyl (C=O) groups excluding carboxylic acids is 7. The van der Waals surface area contributed by atoms with E-state index in [1.165, 1.54) is 0 Å². The van der Waals surface area contributed by atoms with E-state index < -0.39 is 71.6 Å². The molecule has 0 saturated carbocycles. The molecule has 5 atom stereocenters. The Labute approximate surface area is 567 Å². The van der Waals surface area contributed by atoms with Gasteiger partial charge in [0.1, 0.15) is 36.0 Å². The number of imide groups is 1. The van der Waals surface area contributed by atoms with Crippen LogP contribution in [0.15, 0.2) is 158 Å². The molecule has 3 aromatic carbocycles. The maximum atomic E-state index is 15.1. The van der Waals surface area contributed by atoms with Gasteiger partial charge in [-0.1, -0.05) is 84.9 Å². The average molecular weight is 1340 g/mol. The summed E-state index contributed by atoms with van der Waals surface area (Å²) in [5, 5.41) is 39.1. The highest BCUT2D eigenvalue weighted by Crippen LogP contribution is 2.22. The van der Waals surface area contributed by atoms with Crippen LogP contribution < -0.4 is 65.2 Å². The van der Waals surface area contributed by atoms with E-state index in [0.29, 0.717) is 49.6 Å². The van der Waals surface area contributed by atoms with Gasteiger partial charge < -0.3 is 64.4 Å². The highest BCUT2D eigenvalue weighted by Gasteiger charge is 2.34. The van der Waals surface area contributed by atoms with Gasteiger partial charge in [-0.15, -0.1) is 0 Å². The minimum absolute atomic E-state index is 0.0135. The highest BCUT2D eigenvalue weighted by atomic mass is 16.6. The number of nitrogens with one attached hydrogen (secondary N) is 13. The molecule has 28 heteroatoms. The molecular weight excluding hydrogens is 1250 g/mol. The van der Waals surface area contributed by atoms with Crippen molar-refractivity contribution in [2.45, 2.75) is 134 Å². The quantitative estimate of drug-likeness (QED) is 0.0112. The van der Waals surface area contributed by atoms with Crippen LogP contribution in [-0.2, 0) is 77.5 Å². The summed E-state index contributed by atoms with van der Waals surface area (Å²) in [5.74, 6) is -5.17. The number of fused-ring (bicyclic) bond motifs is 2. The lowest BCUT2D eigenvalue weighted by molar-refractivity contribution is -0.136. The fourth-order valence-electron chi connectivity index (χ4n) is 11.1. The molecule has 5 heterocycles. The van der Waals surface area contributed by atoms with Crippen molar-refractivity contribution >= 4 is 80.9 Å². The molecule has 0 aliphatic carbocycles. The van der Waals surface area contributed by atoms with Gasteiger partial charge in [-0.2, -0.15) is 5.48 Å². The summed E-state index contributed by atoms with van der Waals surface area (Å²) in [6.07, 6.45) is 8.04. The van der Waals surface area contributed by atoms with E-state index in [1.807, 2.05) is 121 Å². The molecule has 8 aromatic rings. The Morgan fingerprint density at radius 2 is 0.980 bits per heavy atom. The van der Waals surface area contributed by atoms with E-state index in [0.717, 1.165) is 44.3 Å². The van der Waals surface area contributed by atoms with Crippen molar-refractivity contribution in [1.82, 2.24) is 72.5 Å². The van der Waals surface area contributed by atoms with E-state index in [9.17, 15) is 28.8 Å². The molecule has 0 saturated heterocycles. The first-order valence-electron chi connectivity index (χ1n) is 32.8. The van der Waals surface area contributed by atoms with Crippen LogP contribution in [0.3, 0.4) is 0 Å². The van der Waals surface area contributed by atoms with Crippen LogP contribution in [-0.4, -0.2) is 133 Å². The largest absolute Gasteiger partial charge is 0.370 e. The number of guanidine groups is 2.